The van der Waals surface area contributed by atoms with Gasteiger partial charge in [-0.1, -0.05) is 76.6 Å². The summed E-state index contributed by atoms with van der Waals surface area (Å²) in [5.41, 5.74) is 0.412. The molecular formula is C30H27BrFN3O5. The maximum Gasteiger partial charge on any atom is 0.437 e. The van der Waals surface area contributed by atoms with Crippen LogP contribution >= 0.6 is 15.9 Å². The number of hydrazine groups is 1. The summed E-state index contributed by atoms with van der Waals surface area (Å²) in [4.78, 5) is 46.0. The maximum atomic E-state index is 15.2. The van der Waals surface area contributed by atoms with Crippen molar-refractivity contribution in [3.8, 4) is 11.3 Å². The van der Waals surface area contributed by atoms with Crippen LogP contribution in [0.15, 0.2) is 78.9 Å². The fourth-order valence-electron chi connectivity index (χ4n) is 4.12. The number of anilines is 1. The number of imide groups is 1. The number of ether oxygens (including phenoxy) is 2. The van der Waals surface area contributed by atoms with Crippen molar-refractivity contribution < 1.29 is 28.2 Å². The molecule has 0 radical (unpaired) electrons. The van der Waals surface area contributed by atoms with Crippen LogP contribution < -0.4 is 5.01 Å². The molecule has 8 nitrogen and oxygen atoms in total. The monoisotopic (exact) mass is 607 g/mol. The lowest BCUT2D eigenvalue weighted by atomic mass is 9.97. The molecule has 0 aliphatic heterocycles. The second-order valence-electron chi connectivity index (χ2n) is 9.66. The average molecular weight is 608 g/mol. The molecule has 0 saturated carbocycles. The van der Waals surface area contributed by atoms with E-state index in [0.29, 0.717) is 21.8 Å². The number of rotatable bonds is 4. The van der Waals surface area contributed by atoms with Crippen LogP contribution in [0.2, 0.25) is 0 Å². The minimum absolute atomic E-state index is 0.0316. The third kappa shape index (κ3) is 5.81. The highest BCUT2D eigenvalue weighted by Gasteiger charge is 2.40. The molecule has 4 rings (SSSR count). The third-order valence-electron chi connectivity index (χ3n) is 5.77. The third-order valence-corrected chi connectivity index (χ3v) is 6.33. The Morgan fingerprint density at radius 1 is 0.900 bits per heavy atom. The standard InChI is InChI=1S/C30H27BrFN3O5/c1-30(2,3)40-29(38)35(34(28(37)39-4)20-14-9-6-10-15-20)27(36)24-21-16-11-17-23(32)26(21)33-25(22(24)18-31)19-12-7-5-8-13-19/h5-17H,18H2,1-4H3. The van der Waals surface area contributed by atoms with Gasteiger partial charge >= 0.3 is 12.2 Å². The van der Waals surface area contributed by atoms with Crippen molar-refractivity contribution in [3.63, 3.8) is 0 Å². The van der Waals surface area contributed by atoms with Crippen LogP contribution in [0, 0.1) is 5.82 Å². The molecule has 1 heterocycles. The van der Waals surface area contributed by atoms with Crippen molar-refractivity contribution in [1.29, 1.82) is 0 Å². The molecule has 0 bridgehead atoms. The Kier molecular flexibility index (Phi) is 8.49. The largest absolute Gasteiger partial charge is 0.451 e. The maximum absolute atomic E-state index is 15.2. The van der Waals surface area contributed by atoms with Crippen molar-refractivity contribution in [1.82, 2.24) is 9.99 Å². The van der Waals surface area contributed by atoms with E-state index in [2.05, 4.69) is 20.9 Å². The number of benzene rings is 3. The van der Waals surface area contributed by atoms with Gasteiger partial charge in [0.05, 0.1) is 24.1 Å². The Balaban J connectivity index is 2.06. The van der Waals surface area contributed by atoms with Gasteiger partial charge in [-0.05, 0) is 39.0 Å². The van der Waals surface area contributed by atoms with E-state index in [0.717, 1.165) is 12.1 Å². The minimum Gasteiger partial charge on any atom is -0.451 e. The normalized spacial score (nSPS) is 11.2. The Morgan fingerprint density at radius 2 is 1.52 bits per heavy atom. The summed E-state index contributed by atoms with van der Waals surface area (Å²) in [6.07, 6.45) is -2.14. The first-order chi connectivity index (χ1) is 19.1. The highest BCUT2D eigenvalue weighted by molar-refractivity contribution is 9.08. The van der Waals surface area contributed by atoms with E-state index in [1.165, 1.54) is 30.3 Å². The molecule has 0 unspecified atom stereocenters. The van der Waals surface area contributed by atoms with Gasteiger partial charge in [0, 0.05) is 21.8 Å². The fraction of sp³-hybridized carbons (Fsp3) is 0.200. The lowest BCUT2D eigenvalue weighted by Gasteiger charge is -2.34. The van der Waals surface area contributed by atoms with Gasteiger partial charge in [0.2, 0.25) is 0 Å². The predicted molar refractivity (Wildman–Crippen MR) is 153 cm³/mol. The number of carbonyl (C=O) groups excluding carboxylic acids is 3. The molecule has 0 fully saturated rings. The highest BCUT2D eigenvalue weighted by Crippen LogP contribution is 2.35. The van der Waals surface area contributed by atoms with Crippen molar-refractivity contribution in [2.45, 2.75) is 31.7 Å². The lowest BCUT2D eigenvalue weighted by molar-refractivity contribution is 0.0214. The molecule has 1 aromatic heterocycles. The lowest BCUT2D eigenvalue weighted by Crippen LogP contribution is -2.55. The van der Waals surface area contributed by atoms with E-state index in [4.69, 9.17) is 9.47 Å². The zero-order chi connectivity index (χ0) is 29.0. The molecule has 0 aliphatic carbocycles. The molecule has 4 aromatic rings. The van der Waals surface area contributed by atoms with Gasteiger partial charge in [0.1, 0.15) is 16.9 Å². The number of halogens is 2. The van der Waals surface area contributed by atoms with Crippen LogP contribution in [-0.4, -0.2) is 40.8 Å². The van der Waals surface area contributed by atoms with Crippen LogP contribution in [-0.2, 0) is 14.8 Å². The fourth-order valence-corrected chi connectivity index (χ4v) is 4.67. The minimum atomic E-state index is -1.13. The van der Waals surface area contributed by atoms with Crippen molar-refractivity contribution in [2.75, 3.05) is 12.1 Å². The number of hydrogen-bond acceptors (Lipinski definition) is 6. The molecular weight excluding hydrogens is 581 g/mol. The SMILES string of the molecule is COC(=O)N(c1ccccc1)N(C(=O)OC(C)(C)C)C(=O)c1c(CBr)c(-c2ccccc2)nc2c(F)cccc12. The zero-order valence-electron chi connectivity index (χ0n) is 22.4. The average Bonchev–Trinajstić information content (AvgIpc) is 2.94. The summed E-state index contributed by atoms with van der Waals surface area (Å²) in [6, 6.07) is 21.3. The number of nitrogens with zero attached hydrogens (tertiary/aromatic N) is 3. The summed E-state index contributed by atoms with van der Waals surface area (Å²) in [6.45, 7) is 4.90. The molecule has 0 saturated heterocycles. The Morgan fingerprint density at radius 3 is 2.10 bits per heavy atom. The van der Waals surface area contributed by atoms with Gasteiger partial charge < -0.3 is 9.47 Å². The van der Waals surface area contributed by atoms with Crippen LogP contribution in [0.4, 0.5) is 19.7 Å². The number of para-hydroxylation sites is 2. The number of carbonyl (C=O) groups is 3. The molecule has 3 aromatic carbocycles. The van der Waals surface area contributed by atoms with E-state index < -0.39 is 29.5 Å². The summed E-state index contributed by atoms with van der Waals surface area (Å²) in [7, 11) is 1.13. The molecule has 40 heavy (non-hydrogen) atoms. The number of amides is 3. The molecule has 206 valence electrons. The molecule has 0 N–H and O–H groups in total. The van der Waals surface area contributed by atoms with Crippen LogP contribution in [0.3, 0.4) is 0 Å². The van der Waals surface area contributed by atoms with Gasteiger partial charge in [-0.25, -0.2) is 19.0 Å². The topological polar surface area (TPSA) is 89.0 Å². The molecule has 3 amide bonds. The van der Waals surface area contributed by atoms with Crippen molar-refractivity contribution in [3.05, 3.63) is 95.8 Å². The first-order valence-electron chi connectivity index (χ1n) is 12.3. The van der Waals surface area contributed by atoms with Crippen LogP contribution in [0.25, 0.3) is 22.2 Å². The summed E-state index contributed by atoms with van der Waals surface area (Å²) in [5, 5.41) is 1.66. The number of aromatic nitrogens is 1. The number of hydrogen-bond donors (Lipinski definition) is 0. The second-order valence-corrected chi connectivity index (χ2v) is 10.2. The smallest absolute Gasteiger partial charge is 0.437 e. The Bertz CT molecular complexity index is 1560. The number of methoxy groups -OCH3 is 1. The van der Waals surface area contributed by atoms with Gasteiger partial charge in [-0.15, -0.1) is 5.01 Å². The van der Waals surface area contributed by atoms with Gasteiger partial charge in [0.15, 0.2) is 0 Å². The van der Waals surface area contributed by atoms with Gasteiger partial charge in [-0.3, -0.25) is 4.79 Å². The van der Waals surface area contributed by atoms with E-state index >= 15 is 4.39 Å². The summed E-state index contributed by atoms with van der Waals surface area (Å²) in [5.74, 6) is -1.59. The molecule has 0 aliphatic rings. The highest BCUT2D eigenvalue weighted by atomic mass is 79.9. The molecule has 0 atom stereocenters. The van der Waals surface area contributed by atoms with E-state index in [1.807, 2.05) is 6.07 Å². The van der Waals surface area contributed by atoms with Crippen molar-refractivity contribution >= 4 is 50.6 Å². The van der Waals surface area contributed by atoms with Crippen LogP contribution in [0.5, 0.6) is 0 Å². The molecule has 0 spiro atoms. The quantitative estimate of drug-likeness (QED) is 0.176. The Labute approximate surface area is 239 Å². The summed E-state index contributed by atoms with van der Waals surface area (Å²) < 4.78 is 25.7. The predicted octanol–water partition coefficient (Wildman–Crippen LogP) is 7.50. The molecule has 10 heteroatoms. The van der Waals surface area contributed by atoms with E-state index in [-0.39, 0.29) is 27.5 Å². The number of pyridine rings is 1. The Hall–Kier alpha value is -4.31. The van der Waals surface area contributed by atoms with Crippen LogP contribution in [0.1, 0.15) is 36.7 Å². The number of fused-ring (bicyclic) bond motifs is 1. The first kappa shape index (κ1) is 28.7. The first-order valence-corrected chi connectivity index (χ1v) is 13.4. The summed E-state index contributed by atoms with van der Waals surface area (Å²) >= 11 is 3.46. The van der Waals surface area contributed by atoms with Gasteiger partial charge in [0.25, 0.3) is 5.91 Å². The zero-order valence-corrected chi connectivity index (χ0v) is 23.9. The van der Waals surface area contributed by atoms with E-state index in [9.17, 15) is 14.4 Å². The number of alkyl halides is 1. The second kappa shape index (κ2) is 11.8. The van der Waals surface area contributed by atoms with E-state index in [1.54, 1.807) is 63.2 Å². The van der Waals surface area contributed by atoms with Gasteiger partial charge in [-0.2, -0.15) is 5.01 Å². The van der Waals surface area contributed by atoms with Crippen molar-refractivity contribution in [2.24, 2.45) is 0 Å².